The zero-order valence-electron chi connectivity index (χ0n) is 18.4. The number of aromatic nitrogens is 3. The van der Waals surface area contributed by atoms with Crippen molar-refractivity contribution in [2.75, 3.05) is 12.8 Å². The Kier molecular flexibility index (Phi) is 7.06. The minimum absolute atomic E-state index is 0.0287. The maximum atomic E-state index is 14.0. The molecule has 3 aromatic rings. The third-order valence-corrected chi connectivity index (χ3v) is 7.34. The van der Waals surface area contributed by atoms with Crippen molar-refractivity contribution < 1.29 is 17.7 Å². The number of nitrogen functional groups attached to an aromatic ring is 1. The van der Waals surface area contributed by atoms with Crippen molar-refractivity contribution in [1.29, 1.82) is 0 Å². The highest BCUT2D eigenvalue weighted by molar-refractivity contribution is 7.85. The second kappa shape index (κ2) is 9.40. The van der Waals surface area contributed by atoms with E-state index in [-0.39, 0.29) is 16.2 Å². The molecule has 9 heteroatoms. The molecule has 31 heavy (non-hydrogen) atoms. The molecule has 0 amide bonds. The van der Waals surface area contributed by atoms with E-state index in [1.807, 2.05) is 20.8 Å². The molecule has 168 valence electrons. The molecule has 0 aliphatic carbocycles. The van der Waals surface area contributed by atoms with Gasteiger partial charge in [0.15, 0.2) is 5.82 Å². The fourth-order valence-corrected chi connectivity index (χ4v) is 4.93. The van der Waals surface area contributed by atoms with Crippen LogP contribution in [0.1, 0.15) is 49.9 Å². The van der Waals surface area contributed by atoms with Crippen LogP contribution < -0.4 is 5.73 Å². The first-order valence-corrected chi connectivity index (χ1v) is 11.4. The molecule has 0 bridgehead atoms. The summed E-state index contributed by atoms with van der Waals surface area (Å²) < 4.78 is 47.5. The summed E-state index contributed by atoms with van der Waals surface area (Å²) in [6, 6.07) is 3.14. The standard InChI is InChI=1S/C22H28F2N4O2S/c1-12(31(29)18-9-8-16(23)11-17(18)24)7-6-10-28-20-13(2)14(3)26-21(25)19(20)27-22(28)15(4)30-5/h8-9,11-12,15H,6-7,10H2,1-5H3,(H2,25,26). The Morgan fingerprint density at radius 3 is 2.58 bits per heavy atom. The molecule has 0 saturated carbocycles. The molecule has 2 aromatic heterocycles. The van der Waals surface area contributed by atoms with Crippen molar-refractivity contribution in [3.05, 3.63) is 46.9 Å². The van der Waals surface area contributed by atoms with Crippen LogP contribution in [0.15, 0.2) is 23.1 Å². The third kappa shape index (κ3) is 4.62. The Morgan fingerprint density at radius 1 is 1.23 bits per heavy atom. The van der Waals surface area contributed by atoms with Gasteiger partial charge in [0.2, 0.25) is 0 Å². The van der Waals surface area contributed by atoms with Gasteiger partial charge < -0.3 is 15.0 Å². The van der Waals surface area contributed by atoms with Crippen LogP contribution in [0.25, 0.3) is 11.0 Å². The number of hydrogen-bond acceptors (Lipinski definition) is 5. The van der Waals surface area contributed by atoms with Gasteiger partial charge in [0.25, 0.3) is 0 Å². The lowest BCUT2D eigenvalue weighted by atomic mass is 10.2. The molecule has 3 unspecified atom stereocenters. The van der Waals surface area contributed by atoms with Gasteiger partial charge in [-0.2, -0.15) is 0 Å². The van der Waals surface area contributed by atoms with E-state index in [1.54, 1.807) is 14.0 Å². The zero-order valence-corrected chi connectivity index (χ0v) is 19.2. The number of halogens is 2. The maximum absolute atomic E-state index is 14.0. The predicted molar refractivity (Wildman–Crippen MR) is 118 cm³/mol. The van der Waals surface area contributed by atoms with Gasteiger partial charge in [-0.3, -0.25) is 4.21 Å². The van der Waals surface area contributed by atoms with Crippen LogP contribution in [-0.2, 0) is 22.1 Å². The number of benzene rings is 1. The number of pyridine rings is 1. The molecule has 0 aliphatic heterocycles. The van der Waals surface area contributed by atoms with Crippen molar-refractivity contribution in [2.24, 2.45) is 0 Å². The van der Waals surface area contributed by atoms with Gasteiger partial charge in [0, 0.05) is 30.7 Å². The Balaban J connectivity index is 1.84. The fraction of sp³-hybridized carbons (Fsp3) is 0.455. The van der Waals surface area contributed by atoms with Crippen LogP contribution in [0.3, 0.4) is 0 Å². The van der Waals surface area contributed by atoms with Crippen molar-refractivity contribution >= 4 is 27.7 Å². The summed E-state index contributed by atoms with van der Waals surface area (Å²) >= 11 is 0. The first-order chi connectivity index (χ1) is 14.6. The van der Waals surface area contributed by atoms with Gasteiger partial charge in [-0.05, 0) is 51.3 Å². The van der Waals surface area contributed by atoms with Gasteiger partial charge in [-0.15, -0.1) is 0 Å². The van der Waals surface area contributed by atoms with E-state index < -0.39 is 22.4 Å². The monoisotopic (exact) mass is 450 g/mol. The van der Waals surface area contributed by atoms with E-state index in [4.69, 9.17) is 15.5 Å². The summed E-state index contributed by atoms with van der Waals surface area (Å²) in [5.74, 6) is -0.339. The highest BCUT2D eigenvalue weighted by Crippen LogP contribution is 2.30. The number of anilines is 1. The highest BCUT2D eigenvalue weighted by atomic mass is 32.2. The lowest BCUT2D eigenvalue weighted by Crippen LogP contribution is -2.15. The van der Waals surface area contributed by atoms with Crippen LogP contribution in [0.5, 0.6) is 0 Å². The quantitative estimate of drug-likeness (QED) is 0.543. The first kappa shape index (κ1) is 23.3. The van der Waals surface area contributed by atoms with E-state index in [0.717, 1.165) is 34.7 Å². The molecule has 6 nitrogen and oxygen atoms in total. The summed E-state index contributed by atoms with van der Waals surface area (Å²) in [7, 11) is 0.0494. The van der Waals surface area contributed by atoms with Crippen LogP contribution >= 0.6 is 0 Å². The average Bonchev–Trinajstić information content (AvgIpc) is 3.11. The minimum Gasteiger partial charge on any atom is -0.382 e. The van der Waals surface area contributed by atoms with Crippen LogP contribution in [0.4, 0.5) is 14.6 Å². The smallest absolute Gasteiger partial charge is 0.151 e. The first-order valence-electron chi connectivity index (χ1n) is 10.2. The van der Waals surface area contributed by atoms with Crippen molar-refractivity contribution in [3.63, 3.8) is 0 Å². The van der Waals surface area contributed by atoms with E-state index in [0.29, 0.717) is 30.7 Å². The van der Waals surface area contributed by atoms with Crippen molar-refractivity contribution in [1.82, 2.24) is 14.5 Å². The van der Waals surface area contributed by atoms with Crippen LogP contribution in [0.2, 0.25) is 0 Å². The Labute approximate surface area is 183 Å². The fourth-order valence-electron chi connectivity index (χ4n) is 3.66. The molecule has 0 saturated heterocycles. The number of hydrogen-bond donors (Lipinski definition) is 1. The number of methoxy groups -OCH3 is 1. The van der Waals surface area contributed by atoms with Gasteiger partial charge in [-0.25, -0.2) is 18.7 Å². The molecule has 3 atom stereocenters. The zero-order chi connectivity index (χ0) is 22.9. The number of nitrogens with zero attached hydrogens (tertiary/aromatic N) is 3. The second-order valence-electron chi connectivity index (χ2n) is 7.73. The molecule has 1 aromatic carbocycles. The summed E-state index contributed by atoms with van der Waals surface area (Å²) in [5, 5.41) is -0.299. The van der Waals surface area contributed by atoms with E-state index in [1.165, 1.54) is 6.07 Å². The number of fused-ring (bicyclic) bond motifs is 1. The van der Waals surface area contributed by atoms with Gasteiger partial charge in [-0.1, -0.05) is 6.92 Å². The lowest BCUT2D eigenvalue weighted by Gasteiger charge is -2.16. The van der Waals surface area contributed by atoms with Gasteiger partial charge in [0.1, 0.15) is 29.1 Å². The molecule has 0 fully saturated rings. The molecule has 0 spiro atoms. The number of nitrogens with two attached hydrogens (primary N) is 1. The Bertz CT molecular complexity index is 1130. The summed E-state index contributed by atoms with van der Waals surface area (Å²) in [4.78, 5) is 9.10. The largest absolute Gasteiger partial charge is 0.382 e. The summed E-state index contributed by atoms with van der Waals surface area (Å²) in [6.07, 6.45) is 1.03. The number of aryl methyl sites for hydroxylation is 3. The van der Waals surface area contributed by atoms with Gasteiger partial charge in [0.05, 0.1) is 21.2 Å². The molecule has 3 rings (SSSR count). The summed E-state index contributed by atoms with van der Waals surface area (Å²) in [6.45, 7) is 8.22. The van der Waals surface area contributed by atoms with Crippen LogP contribution in [-0.4, -0.2) is 31.1 Å². The second-order valence-corrected chi connectivity index (χ2v) is 9.57. The van der Waals surface area contributed by atoms with Gasteiger partial charge >= 0.3 is 0 Å². The lowest BCUT2D eigenvalue weighted by molar-refractivity contribution is 0.109. The number of ether oxygens (including phenoxy) is 1. The maximum Gasteiger partial charge on any atom is 0.151 e. The number of imidazole rings is 1. The Hall–Kier alpha value is -2.39. The average molecular weight is 451 g/mol. The normalized spacial score (nSPS) is 14.7. The number of rotatable bonds is 8. The SMILES string of the molecule is COC(C)c1nc2c(N)nc(C)c(C)c2n1CCCC(C)S(=O)c1ccc(F)cc1F. The Morgan fingerprint density at radius 2 is 1.94 bits per heavy atom. The molecule has 0 aliphatic rings. The molecular formula is C22H28F2N4O2S. The topological polar surface area (TPSA) is 83.0 Å². The highest BCUT2D eigenvalue weighted by Gasteiger charge is 2.22. The van der Waals surface area contributed by atoms with E-state index in [9.17, 15) is 13.0 Å². The predicted octanol–water partition coefficient (Wildman–Crippen LogP) is 4.59. The molecule has 2 N–H and O–H groups in total. The van der Waals surface area contributed by atoms with E-state index in [2.05, 4.69) is 9.55 Å². The van der Waals surface area contributed by atoms with E-state index >= 15 is 0 Å². The minimum atomic E-state index is -1.57. The molecule has 2 heterocycles. The van der Waals surface area contributed by atoms with Crippen LogP contribution in [0, 0.1) is 25.5 Å². The van der Waals surface area contributed by atoms with Crippen molar-refractivity contribution in [3.8, 4) is 0 Å². The molecule has 0 radical (unpaired) electrons. The van der Waals surface area contributed by atoms with Crippen molar-refractivity contribution in [2.45, 2.75) is 63.3 Å². The summed E-state index contributed by atoms with van der Waals surface area (Å²) in [5.41, 5.74) is 9.52. The third-order valence-electron chi connectivity index (χ3n) is 5.61. The molecular weight excluding hydrogens is 422 g/mol.